The van der Waals surface area contributed by atoms with Crippen molar-refractivity contribution < 1.29 is 31.1 Å². The number of nitrogens with zero attached hydrogens (tertiary/aromatic N) is 3. The van der Waals surface area contributed by atoms with E-state index in [-0.39, 0.29) is 5.75 Å². The van der Waals surface area contributed by atoms with E-state index in [1.807, 2.05) is 0 Å². The summed E-state index contributed by atoms with van der Waals surface area (Å²) in [5.74, 6) is -6.42. The van der Waals surface area contributed by atoms with Crippen molar-refractivity contribution in [2.24, 2.45) is 10.7 Å². The second-order valence-electron chi connectivity index (χ2n) is 7.66. The molecule has 1 aromatic carbocycles. The number of ether oxygens (including phenoxy) is 1. The zero-order valence-corrected chi connectivity index (χ0v) is 18.7. The Bertz CT molecular complexity index is 1310. The number of benzene rings is 1. The first-order valence-corrected chi connectivity index (χ1v) is 11.0. The van der Waals surface area contributed by atoms with Crippen molar-refractivity contribution in [3.63, 3.8) is 0 Å². The zero-order valence-electron chi connectivity index (χ0n) is 17.8. The Hall–Kier alpha value is -3.16. The van der Waals surface area contributed by atoms with Crippen LogP contribution in [0.25, 0.3) is 0 Å². The number of rotatable bonds is 5. The first-order valence-electron chi connectivity index (χ1n) is 9.37. The normalized spacial score (nSPS) is 19.9. The van der Waals surface area contributed by atoms with Gasteiger partial charge in [0.2, 0.25) is 16.0 Å². The molecule has 1 atom stereocenters. The average Bonchev–Trinajstić information content (AvgIpc) is 2.66. The van der Waals surface area contributed by atoms with E-state index in [1.165, 1.54) is 6.92 Å². The van der Waals surface area contributed by atoms with E-state index in [0.29, 0.717) is 4.31 Å². The number of amides is 1. The van der Waals surface area contributed by atoms with Crippen LogP contribution in [0.4, 0.5) is 18.9 Å². The predicted octanol–water partition coefficient (Wildman–Crippen LogP) is 0.0519. The largest absolute Gasteiger partial charge is 0.514 e. The van der Waals surface area contributed by atoms with Crippen LogP contribution in [0.1, 0.15) is 23.0 Å². The highest BCUT2D eigenvalue weighted by Gasteiger charge is 2.44. The van der Waals surface area contributed by atoms with Crippen molar-refractivity contribution in [1.82, 2.24) is 9.29 Å². The molecular formula is C18H15B3F3N5O4S. The van der Waals surface area contributed by atoms with Gasteiger partial charge in [-0.15, -0.1) is 0 Å². The summed E-state index contributed by atoms with van der Waals surface area (Å²) in [6.07, 6.45) is 0.897. The topological polar surface area (TPSA) is 127 Å². The smallest absolute Gasteiger partial charge is 0.277 e. The Morgan fingerprint density at radius 1 is 1.26 bits per heavy atom. The molecule has 0 unspecified atom stereocenters. The second-order valence-corrected chi connectivity index (χ2v) is 9.66. The van der Waals surface area contributed by atoms with Gasteiger partial charge in [0.05, 0.1) is 23.2 Å². The van der Waals surface area contributed by atoms with Gasteiger partial charge in [-0.1, -0.05) is 0 Å². The average molecular weight is 487 g/mol. The molecule has 1 aromatic heterocycles. The highest BCUT2D eigenvalue weighted by atomic mass is 32.2. The second kappa shape index (κ2) is 8.56. The molecule has 9 nitrogen and oxygen atoms in total. The van der Waals surface area contributed by atoms with Gasteiger partial charge in [-0.2, -0.15) is 0 Å². The summed E-state index contributed by atoms with van der Waals surface area (Å²) < 4.78 is 74.6. The molecule has 6 radical (unpaired) electrons. The van der Waals surface area contributed by atoms with E-state index in [1.54, 1.807) is 0 Å². The Labute approximate surface area is 197 Å². The van der Waals surface area contributed by atoms with Crippen molar-refractivity contribution in [1.29, 1.82) is 0 Å². The van der Waals surface area contributed by atoms with Crippen molar-refractivity contribution in [3.05, 3.63) is 53.1 Å². The third kappa shape index (κ3) is 5.01. The van der Waals surface area contributed by atoms with Crippen LogP contribution in [0, 0.1) is 17.5 Å². The summed E-state index contributed by atoms with van der Waals surface area (Å²) in [7, 11) is 12.8. The molecular weight excluding hydrogens is 472 g/mol. The molecule has 1 aliphatic rings. The summed E-state index contributed by atoms with van der Waals surface area (Å²) in [6, 6.07) is 2.38. The molecule has 3 N–H and O–H groups in total. The number of carbonyl (C=O) groups excluding carboxylic acids is 1. The van der Waals surface area contributed by atoms with Crippen LogP contribution in [0.2, 0.25) is 0 Å². The Kier molecular flexibility index (Phi) is 6.42. The predicted molar refractivity (Wildman–Crippen MR) is 120 cm³/mol. The minimum atomic E-state index is -4.04. The molecule has 1 aliphatic heterocycles. The van der Waals surface area contributed by atoms with Gasteiger partial charge >= 0.3 is 0 Å². The van der Waals surface area contributed by atoms with Gasteiger partial charge < -0.3 is 15.8 Å². The van der Waals surface area contributed by atoms with Gasteiger partial charge in [0, 0.05) is 13.1 Å². The first-order chi connectivity index (χ1) is 15.5. The lowest BCUT2D eigenvalue weighted by molar-refractivity contribution is 0.101. The summed E-state index contributed by atoms with van der Waals surface area (Å²) in [6.45, 7) is 1.17. The molecule has 0 spiro atoms. The van der Waals surface area contributed by atoms with Crippen LogP contribution < -0.4 is 15.8 Å². The molecule has 3 rings (SSSR count). The van der Waals surface area contributed by atoms with E-state index in [9.17, 15) is 22.0 Å². The molecule has 0 bridgehead atoms. The molecule has 1 amide bonds. The third-order valence-electron chi connectivity index (χ3n) is 4.77. The maximum absolute atomic E-state index is 15.3. The van der Waals surface area contributed by atoms with Crippen LogP contribution in [0.15, 0.2) is 29.4 Å². The lowest BCUT2D eigenvalue weighted by Crippen LogP contribution is -2.50. The number of hydrogen-bond acceptors (Lipinski definition) is 7. The summed E-state index contributed by atoms with van der Waals surface area (Å²) in [5.41, 5.74) is 1.56. The number of sulfonamides is 1. The molecule has 0 saturated carbocycles. The summed E-state index contributed by atoms with van der Waals surface area (Å²) in [4.78, 5) is 20.0. The van der Waals surface area contributed by atoms with Crippen molar-refractivity contribution in [3.8, 4) is 5.75 Å². The fourth-order valence-corrected chi connectivity index (χ4v) is 4.69. The fraction of sp³-hybridized carbons (Fsp3) is 0.278. The Morgan fingerprint density at radius 3 is 2.47 bits per heavy atom. The van der Waals surface area contributed by atoms with Gasteiger partial charge in [-0.3, -0.25) is 4.79 Å². The van der Waals surface area contributed by atoms with E-state index < -0.39 is 72.9 Å². The zero-order chi connectivity index (χ0) is 25.6. The summed E-state index contributed by atoms with van der Waals surface area (Å²) >= 11 is 0. The fourth-order valence-electron chi connectivity index (χ4n) is 3.25. The lowest BCUT2D eigenvalue weighted by atomic mass is 9.52. The number of pyridine rings is 1. The van der Waals surface area contributed by atoms with Gasteiger partial charge in [0.1, 0.15) is 40.6 Å². The number of nitrogens with two attached hydrogens (primary N) is 1. The standard InChI is InChI=1S/C18H15B3F3N5O4S/c1-17(7-34(31,32)29(2)16(25)28-17)12-9(22)3-4-11(13(12)24)27-15(30)14-10(23)5-8(6-26-14)33-18(19,20)21/h3-6H,7H2,1-2H3,(H2,25,28)(H,27,30)/t17-/m0/s1. The molecule has 0 aliphatic carbocycles. The van der Waals surface area contributed by atoms with Gasteiger partial charge in [0.25, 0.3) is 5.91 Å². The number of anilines is 1. The Balaban J connectivity index is 1.97. The summed E-state index contributed by atoms with van der Waals surface area (Å²) in [5, 5.41) is -0.0679. The first kappa shape index (κ1) is 25.5. The van der Waals surface area contributed by atoms with Gasteiger partial charge in [0.15, 0.2) is 17.3 Å². The number of hydrogen-bond donors (Lipinski definition) is 2. The van der Waals surface area contributed by atoms with Crippen LogP contribution in [-0.2, 0) is 15.6 Å². The van der Waals surface area contributed by atoms with E-state index in [4.69, 9.17) is 34.0 Å². The van der Waals surface area contributed by atoms with Gasteiger partial charge in [-0.25, -0.2) is 35.9 Å². The van der Waals surface area contributed by atoms with Gasteiger partial charge in [-0.05, 0) is 24.4 Å². The number of halogens is 3. The minimum absolute atomic E-state index is 0.288. The van der Waals surface area contributed by atoms with E-state index in [2.05, 4.69) is 15.3 Å². The van der Waals surface area contributed by atoms with Crippen LogP contribution in [0.5, 0.6) is 5.75 Å². The third-order valence-corrected chi connectivity index (χ3v) is 6.72. The molecule has 16 heteroatoms. The number of aliphatic imine (C=N–C) groups is 1. The van der Waals surface area contributed by atoms with Crippen LogP contribution in [0.3, 0.4) is 0 Å². The molecule has 2 aromatic rings. The molecule has 0 saturated heterocycles. The van der Waals surface area contributed by atoms with Crippen LogP contribution >= 0.6 is 0 Å². The molecule has 2 heterocycles. The highest BCUT2D eigenvalue weighted by Crippen LogP contribution is 2.37. The number of carbonyl (C=O) groups is 1. The van der Waals surface area contributed by atoms with E-state index >= 15 is 4.39 Å². The molecule has 34 heavy (non-hydrogen) atoms. The molecule has 172 valence electrons. The SMILES string of the molecule is [B]C([B])([B])Oc1cnc(C(=O)Nc2ccc(F)c([C@]3(C)CS(=O)(=O)N(C)C(N)=N3)c2F)c(F)c1. The number of nitrogens with one attached hydrogen (secondary N) is 1. The molecule has 0 fully saturated rings. The Morgan fingerprint density at radius 2 is 1.91 bits per heavy atom. The van der Waals surface area contributed by atoms with Crippen molar-refractivity contribution in [2.75, 3.05) is 18.1 Å². The maximum Gasteiger partial charge on any atom is 0.277 e. The maximum atomic E-state index is 15.3. The van der Waals surface area contributed by atoms with E-state index in [0.717, 1.165) is 31.4 Å². The highest BCUT2D eigenvalue weighted by molar-refractivity contribution is 7.89. The number of guanidine groups is 1. The quantitative estimate of drug-likeness (QED) is 0.575. The minimum Gasteiger partial charge on any atom is -0.514 e. The van der Waals surface area contributed by atoms with Crippen molar-refractivity contribution in [2.45, 2.75) is 17.8 Å². The lowest BCUT2D eigenvalue weighted by Gasteiger charge is -2.35. The van der Waals surface area contributed by atoms with Crippen LogP contribution in [-0.4, -0.2) is 71.2 Å². The number of aromatic nitrogens is 1. The monoisotopic (exact) mass is 487 g/mol. The van der Waals surface area contributed by atoms with Crippen molar-refractivity contribution >= 4 is 51.1 Å².